The maximum Gasteiger partial charge on any atom is 0.191 e. The van der Waals surface area contributed by atoms with Gasteiger partial charge in [0.15, 0.2) is 10.8 Å². The van der Waals surface area contributed by atoms with Gasteiger partial charge in [-0.25, -0.2) is 14.6 Å². The topological polar surface area (TPSA) is 69.6 Å². The highest BCUT2D eigenvalue weighted by atomic mass is 32.2. The first-order valence-electron chi connectivity index (χ1n) is 4.79. The summed E-state index contributed by atoms with van der Waals surface area (Å²) in [7, 11) is 0. The number of nitrogens with two attached hydrogens (primary N) is 1. The molecule has 2 rings (SSSR count). The average molecular weight is 223 g/mol. The minimum absolute atomic E-state index is 0.506. The Morgan fingerprint density at radius 1 is 1.47 bits per heavy atom. The van der Waals surface area contributed by atoms with E-state index in [1.807, 2.05) is 10.9 Å². The summed E-state index contributed by atoms with van der Waals surface area (Å²) in [4.78, 5) is 8.57. The Hall–Kier alpha value is -1.30. The number of hydrogen-bond acceptors (Lipinski definition) is 5. The Kier molecular flexibility index (Phi) is 2.77. The molecule has 0 aliphatic carbocycles. The molecule has 0 unspecified atom stereocenters. The van der Waals surface area contributed by atoms with Crippen molar-refractivity contribution in [1.29, 1.82) is 0 Å². The van der Waals surface area contributed by atoms with E-state index < -0.39 is 0 Å². The van der Waals surface area contributed by atoms with E-state index in [0.29, 0.717) is 11.0 Å². The molecule has 0 saturated heterocycles. The zero-order valence-electron chi connectivity index (χ0n) is 8.77. The molecule has 0 radical (unpaired) electrons. The van der Waals surface area contributed by atoms with Crippen LogP contribution in [0.3, 0.4) is 0 Å². The van der Waals surface area contributed by atoms with Crippen molar-refractivity contribution in [2.75, 3.05) is 12.0 Å². The summed E-state index contributed by atoms with van der Waals surface area (Å²) in [5.41, 5.74) is 6.65. The summed E-state index contributed by atoms with van der Waals surface area (Å²) >= 11 is 1.48. The van der Waals surface area contributed by atoms with Crippen molar-refractivity contribution < 1.29 is 0 Å². The van der Waals surface area contributed by atoms with Crippen LogP contribution in [0, 0.1) is 0 Å². The van der Waals surface area contributed by atoms with Gasteiger partial charge in [0.2, 0.25) is 0 Å². The summed E-state index contributed by atoms with van der Waals surface area (Å²) in [6, 6.07) is 0. The molecule has 0 fully saturated rings. The number of aryl methyl sites for hydroxylation is 1. The fraction of sp³-hybridized carbons (Fsp3) is 0.444. The second kappa shape index (κ2) is 4.06. The minimum atomic E-state index is 0.506. The lowest BCUT2D eigenvalue weighted by atomic mass is 10.4. The van der Waals surface area contributed by atoms with Crippen LogP contribution in [0.4, 0.5) is 5.82 Å². The molecule has 2 aromatic heterocycles. The fourth-order valence-electron chi connectivity index (χ4n) is 1.42. The maximum absolute atomic E-state index is 5.82. The Morgan fingerprint density at radius 2 is 2.27 bits per heavy atom. The van der Waals surface area contributed by atoms with Crippen LogP contribution in [-0.2, 0) is 6.54 Å². The third kappa shape index (κ3) is 1.77. The van der Waals surface area contributed by atoms with Crippen LogP contribution in [0.15, 0.2) is 11.4 Å². The lowest BCUT2D eigenvalue weighted by Gasteiger charge is -2.02. The van der Waals surface area contributed by atoms with Crippen LogP contribution in [0.25, 0.3) is 11.0 Å². The number of hydrogen-bond donors (Lipinski definition) is 1. The Balaban J connectivity index is 2.61. The smallest absolute Gasteiger partial charge is 0.191 e. The summed E-state index contributed by atoms with van der Waals surface area (Å²) in [6.45, 7) is 2.96. The molecule has 0 saturated carbocycles. The number of thioether (sulfide) groups is 1. The predicted octanol–water partition coefficient (Wildman–Crippen LogP) is 1.54. The largest absolute Gasteiger partial charge is 0.383 e. The molecule has 0 amide bonds. The Morgan fingerprint density at radius 3 is 2.93 bits per heavy atom. The van der Waals surface area contributed by atoms with Crippen molar-refractivity contribution in [2.24, 2.45) is 0 Å². The third-order valence-electron chi connectivity index (χ3n) is 2.12. The Bertz CT molecular complexity index is 479. The van der Waals surface area contributed by atoms with E-state index >= 15 is 0 Å². The van der Waals surface area contributed by atoms with Crippen LogP contribution in [0.2, 0.25) is 0 Å². The molecule has 15 heavy (non-hydrogen) atoms. The standard InChI is InChI=1S/C9H13N5S/c1-3-4-14-8-6(5-11-14)7(10)12-9(13-8)15-2/h5H,3-4H2,1-2H3,(H2,10,12,13). The molecule has 0 aromatic carbocycles. The maximum atomic E-state index is 5.82. The SMILES string of the molecule is CCCn1ncc2c(N)nc(SC)nc21. The zero-order valence-corrected chi connectivity index (χ0v) is 9.58. The van der Waals surface area contributed by atoms with E-state index in [1.54, 1.807) is 6.20 Å². The lowest BCUT2D eigenvalue weighted by Crippen LogP contribution is -2.02. The first-order chi connectivity index (χ1) is 7.26. The van der Waals surface area contributed by atoms with Crippen LogP contribution < -0.4 is 5.73 Å². The number of nitrogens with zero attached hydrogens (tertiary/aromatic N) is 4. The fourth-order valence-corrected chi connectivity index (χ4v) is 1.79. The van der Waals surface area contributed by atoms with E-state index in [1.165, 1.54) is 11.8 Å². The van der Waals surface area contributed by atoms with E-state index in [0.717, 1.165) is 24.0 Å². The number of anilines is 1. The average Bonchev–Trinajstić information content (AvgIpc) is 2.63. The van der Waals surface area contributed by atoms with Crippen LogP contribution >= 0.6 is 11.8 Å². The van der Waals surface area contributed by atoms with Crippen LogP contribution in [0.1, 0.15) is 13.3 Å². The van der Waals surface area contributed by atoms with Gasteiger partial charge < -0.3 is 5.73 Å². The van der Waals surface area contributed by atoms with Gasteiger partial charge in [-0.3, -0.25) is 0 Å². The predicted molar refractivity (Wildman–Crippen MR) is 61.8 cm³/mol. The molecule has 2 heterocycles. The van der Waals surface area contributed by atoms with E-state index in [-0.39, 0.29) is 0 Å². The van der Waals surface area contributed by atoms with Crippen LogP contribution in [0.5, 0.6) is 0 Å². The number of fused-ring (bicyclic) bond motifs is 1. The third-order valence-corrected chi connectivity index (χ3v) is 2.67. The van der Waals surface area contributed by atoms with Gasteiger partial charge in [0.05, 0.1) is 11.6 Å². The quantitative estimate of drug-likeness (QED) is 0.631. The highest BCUT2D eigenvalue weighted by molar-refractivity contribution is 7.98. The van der Waals surface area contributed by atoms with Gasteiger partial charge in [-0.1, -0.05) is 18.7 Å². The monoisotopic (exact) mass is 223 g/mol. The van der Waals surface area contributed by atoms with E-state index in [4.69, 9.17) is 5.73 Å². The van der Waals surface area contributed by atoms with Crippen molar-refractivity contribution >= 4 is 28.6 Å². The van der Waals surface area contributed by atoms with Gasteiger partial charge in [-0.15, -0.1) is 0 Å². The van der Waals surface area contributed by atoms with Gasteiger partial charge >= 0.3 is 0 Å². The highest BCUT2D eigenvalue weighted by Crippen LogP contribution is 2.20. The second-order valence-corrected chi connectivity index (χ2v) is 3.97. The molecule has 2 aromatic rings. The molecular formula is C9H13N5S. The van der Waals surface area contributed by atoms with Gasteiger partial charge in [0.25, 0.3) is 0 Å². The molecule has 80 valence electrons. The second-order valence-electron chi connectivity index (χ2n) is 3.20. The van der Waals surface area contributed by atoms with Crippen molar-refractivity contribution in [2.45, 2.75) is 25.0 Å². The minimum Gasteiger partial charge on any atom is -0.383 e. The van der Waals surface area contributed by atoms with Crippen molar-refractivity contribution in [1.82, 2.24) is 19.7 Å². The highest BCUT2D eigenvalue weighted by Gasteiger charge is 2.09. The van der Waals surface area contributed by atoms with Gasteiger partial charge in [-0.05, 0) is 12.7 Å². The first-order valence-corrected chi connectivity index (χ1v) is 6.01. The summed E-state index contributed by atoms with van der Waals surface area (Å²) in [5.74, 6) is 0.506. The molecule has 0 aliphatic heterocycles. The molecule has 5 nitrogen and oxygen atoms in total. The molecule has 0 bridgehead atoms. The van der Waals surface area contributed by atoms with Crippen molar-refractivity contribution in [3.05, 3.63) is 6.20 Å². The van der Waals surface area contributed by atoms with Crippen molar-refractivity contribution in [3.63, 3.8) is 0 Å². The molecule has 0 atom stereocenters. The lowest BCUT2D eigenvalue weighted by molar-refractivity contribution is 0.615. The van der Waals surface area contributed by atoms with Gasteiger partial charge in [-0.2, -0.15) is 5.10 Å². The summed E-state index contributed by atoms with van der Waals surface area (Å²) in [5, 5.41) is 5.77. The van der Waals surface area contributed by atoms with E-state index in [2.05, 4.69) is 22.0 Å². The summed E-state index contributed by atoms with van der Waals surface area (Å²) in [6.07, 6.45) is 4.68. The van der Waals surface area contributed by atoms with Crippen molar-refractivity contribution in [3.8, 4) is 0 Å². The first kappa shape index (κ1) is 10.2. The Labute approximate surface area is 92.1 Å². The van der Waals surface area contributed by atoms with Gasteiger partial charge in [0, 0.05) is 6.54 Å². The molecule has 2 N–H and O–H groups in total. The number of rotatable bonds is 3. The molecular weight excluding hydrogens is 210 g/mol. The zero-order chi connectivity index (χ0) is 10.8. The van der Waals surface area contributed by atoms with E-state index in [9.17, 15) is 0 Å². The van der Waals surface area contributed by atoms with Gasteiger partial charge in [0.1, 0.15) is 5.82 Å². The molecule has 0 aliphatic rings. The number of aromatic nitrogens is 4. The molecule has 0 spiro atoms. The molecule has 6 heteroatoms. The number of nitrogen functional groups attached to an aromatic ring is 1. The normalized spacial score (nSPS) is 11.1. The summed E-state index contributed by atoms with van der Waals surface area (Å²) < 4.78 is 1.87. The van der Waals surface area contributed by atoms with Crippen LogP contribution in [-0.4, -0.2) is 26.0 Å².